The number of nitrogens with one attached hydrogen (secondary N) is 1. The van der Waals surface area contributed by atoms with E-state index in [0.717, 1.165) is 38.5 Å². The summed E-state index contributed by atoms with van der Waals surface area (Å²) in [5, 5.41) is 3.21. The second-order valence-corrected chi connectivity index (χ2v) is 9.20. The summed E-state index contributed by atoms with van der Waals surface area (Å²) in [6.07, 6.45) is 7.18. The van der Waals surface area contributed by atoms with E-state index < -0.39 is 0 Å². The van der Waals surface area contributed by atoms with E-state index in [1.54, 1.807) is 0 Å². The van der Waals surface area contributed by atoms with Crippen LogP contribution in [0.4, 0.5) is 0 Å². The first-order chi connectivity index (χ1) is 13.0. The first-order valence-corrected chi connectivity index (χ1v) is 10.6. The molecule has 5 aliphatic rings. The van der Waals surface area contributed by atoms with Crippen LogP contribution in [0.5, 0.6) is 0 Å². The van der Waals surface area contributed by atoms with Crippen molar-refractivity contribution in [2.24, 2.45) is 29.4 Å². The average molecular weight is 412 g/mol. The monoisotopic (exact) mass is 411 g/mol. The van der Waals surface area contributed by atoms with Crippen molar-refractivity contribution in [1.29, 1.82) is 0 Å². The van der Waals surface area contributed by atoms with Crippen molar-refractivity contribution in [2.45, 2.75) is 75.7 Å². The molecule has 4 bridgehead atoms. The molecule has 6 unspecified atom stereocenters. The standard InChI is InChI=1S/C20H29N3O4.ClH/c21-12-8-10-2-1-3-11(9-12)18(10)22-15(24)6-7-23-19(25)16-13-4-5-14(27-13)17(16)20(23)26;/h10-14,16-18H,1-9,21H2,(H,22,24);1H. The van der Waals surface area contributed by atoms with Crippen LogP contribution in [0.3, 0.4) is 0 Å². The Bertz CT molecular complexity index is 632. The number of amides is 3. The Morgan fingerprint density at radius 3 is 2.18 bits per heavy atom. The Labute approximate surface area is 171 Å². The lowest BCUT2D eigenvalue weighted by Crippen LogP contribution is -2.54. The highest BCUT2D eigenvalue weighted by Gasteiger charge is 2.62. The molecular formula is C20H30ClN3O4. The molecule has 28 heavy (non-hydrogen) atoms. The lowest BCUT2D eigenvalue weighted by molar-refractivity contribution is -0.142. The van der Waals surface area contributed by atoms with Gasteiger partial charge in [0, 0.05) is 25.0 Å². The van der Waals surface area contributed by atoms with E-state index in [-0.39, 0.29) is 79.2 Å². The molecule has 5 fully saturated rings. The van der Waals surface area contributed by atoms with E-state index in [1.807, 2.05) is 0 Å². The summed E-state index contributed by atoms with van der Waals surface area (Å²) < 4.78 is 5.75. The molecule has 3 saturated heterocycles. The molecule has 0 aromatic heterocycles. The molecule has 3 amide bonds. The van der Waals surface area contributed by atoms with Crippen LogP contribution in [0.2, 0.25) is 0 Å². The molecule has 2 aliphatic carbocycles. The highest BCUT2D eigenvalue weighted by Crippen LogP contribution is 2.48. The number of fused-ring (bicyclic) bond motifs is 7. The summed E-state index contributed by atoms with van der Waals surface area (Å²) in [7, 11) is 0. The van der Waals surface area contributed by atoms with Crippen LogP contribution < -0.4 is 11.1 Å². The number of halogens is 1. The van der Waals surface area contributed by atoms with E-state index in [2.05, 4.69) is 5.32 Å². The second-order valence-electron chi connectivity index (χ2n) is 9.20. The third kappa shape index (κ3) is 3.15. The summed E-state index contributed by atoms with van der Waals surface area (Å²) in [5.41, 5.74) is 6.16. The molecule has 0 radical (unpaired) electrons. The molecule has 156 valence electrons. The number of nitrogens with two attached hydrogens (primary N) is 1. The van der Waals surface area contributed by atoms with E-state index >= 15 is 0 Å². The molecule has 0 aromatic rings. The molecule has 2 saturated carbocycles. The highest BCUT2D eigenvalue weighted by molar-refractivity contribution is 6.06. The normalized spacial score (nSPS) is 43.7. The molecule has 3 aliphatic heterocycles. The summed E-state index contributed by atoms with van der Waals surface area (Å²) in [6.45, 7) is 0.192. The second kappa shape index (κ2) is 7.58. The van der Waals surface area contributed by atoms with Crippen LogP contribution in [0, 0.1) is 23.7 Å². The Morgan fingerprint density at radius 1 is 1.04 bits per heavy atom. The molecule has 0 aromatic carbocycles. The summed E-state index contributed by atoms with van der Waals surface area (Å²) >= 11 is 0. The van der Waals surface area contributed by atoms with E-state index in [1.165, 1.54) is 11.3 Å². The van der Waals surface area contributed by atoms with Gasteiger partial charge in [0.15, 0.2) is 0 Å². The summed E-state index contributed by atoms with van der Waals surface area (Å²) in [6, 6.07) is 0.463. The van der Waals surface area contributed by atoms with Gasteiger partial charge in [-0.1, -0.05) is 6.42 Å². The number of ether oxygens (including phenoxy) is 1. The maximum atomic E-state index is 12.7. The SMILES string of the molecule is Cl.NC1CC2CCCC(C1)C2NC(=O)CCN1C(=O)C2C3CCC(O3)C2C1=O. The number of imide groups is 1. The van der Waals surface area contributed by atoms with Gasteiger partial charge in [0.1, 0.15) is 0 Å². The predicted molar refractivity (Wildman–Crippen MR) is 103 cm³/mol. The number of hydrogen-bond acceptors (Lipinski definition) is 5. The summed E-state index contributed by atoms with van der Waals surface area (Å²) in [5.74, 6) is 0.00883. The number of nitrogens with zero attached hydrogens (tertiary/aromatic N) is 1. The predicted octanol–water partition coefficient (Wildman–Crippen LogP) is 0.983. The van der Waals surface area contributed by atoms with Gasteiger partial charge in [-0.15, -0.1) is 12.4 Å². The van der Waals surface area contributed by atoms with Gasteiger partial charge in [0.05, 0.1) is 24.0 Å². The lowest BCUT2D eigenvalue weighted by Gasteiger charge is -2.45. The topological polar surface area (TPSA) is 102 Å². The van der Waals surface area contributed by atoms with Crippen molar-refractivity contribution < 1.29 is 19.1 Å². The van der Waals surface area contributed by atoms with Crippen molar-refractivity contribution in [3.63, 3.8) is 0 Å². The van der Waals surface area contributed by atoms with Crippen LogP contribution >= 0.6 is 12.4 Å². The van der Waals surface area contributed by atoms with Gasteiger partial charge in [-0.25, -0.2) is 0 Å². The summed E-state index contributed by atoms with van der Waals surface area (Å²) in [4.78, 5) is 39.2. The number of carbonyl (C=O) groups excluding carboxylic acids is 3. The zero-order valence-corrected chi connectivity index (χ0v) is 16.9. The fraction of sp³-hybridized carbons (Fsp3) is 0.850. The zero-order valence-electron chi connectivity index (χ0n) is 16.0. The minimum atomic E-state index is -0.307. The Balaban J connectivity index is 0.00000192. The van der Waals surface area contributed by atoms with E-state index in [0.29, 0.717) is 11.8 Å². The number of rotatable bonds is 4. The van der Waals surface area contributed by atoms with Gasteiger partial charge in [0.25, 0.3) is 0 Å². The highest BCUT2D eigenvalue weighted by atomic mass is 35.5. The molecular weight excluding hydrogens is 382 g/mol. The molecule has 3 heterocycles. The van der Waals surface area contributed by atoms with Crippen LogP contribution in [0.1, 0.15) is 51.4 Å². The van der Waals surface area contributed by atoms with Gasteiger partial charge in [-0.3, -0.25) is 19.3 Å². The third-order valence-electron chi connectivity index (χ3n) is 7.64. The van der Waals surface area contributed by atoms with Crippen molar-refractivity contribution >= 4 is 30.1 Å². The third-order valence-corrected chi connectivity index (χ3v) is 7.64. The number of hydrogen-bond donors (Lipinski definition) is 2. The van der Waals surface area contributed by atoms with Crippen molar-refractivity contribution in [1.82, 2.24) is 10.2 Å². The molecule has 6 atom stereocenters. The number of carbonyl (C=O) groups is 3. The maximum Gasteiger partial charge on any atom is 0.235 e. The lowest BCUT2D eigenvalue weighted by atomic mass is 9.67. The van der Waals surface area contributed by atoms with Crippen LogP contribution in [-0.4, -0.2) is 53.5 Å². The first-order valence-electron chi connectivity index (χ1n) is 10.6. The smallest absolute Gasteiger partial charge is 0.235 e. The Hall–Kier alpha value is -1.18. The molecule has 8 heteroatoms. The van der Waals surface area contributed by atoms with Crippen molar-refractivity contribution in [2.75, 3.05) is 6.54 Å². The van der Waals surface area contributed by atoms with Gasteiger partial charge in [-0.2, -0.15) is 0 Å². The first kappa shape index (κ1) is 20.1. The van der Waals surface area contributed by atoms with Crippen molar-refractivity contribution in [3.05, 3.63) is 0 Å². The van der Waals surface area contributed by atoms with Crippen LogP contribution in [0.15, 0.2) is 0 Å². The quantitative estimate of drug-likeness (QED) is 0.671. The van der Waals surface area contributed by atoms with Gasteiger partial charge in [0.2, 0.25) is 17.7 Å². The zero-order chi connectivity index (χ0) is 18.7. The fourth-order valence-corrected chi connectivity index (χ4v) is 6.49. The minimum absolute atomic E-state index is 0. The van der Waals surface area contributed by atoms with Crippen molar-refractivity contribution in [3.8, 4) is 0 Å². The Morgan fingerprint density at radius 2 is 1.61 bits per heavy atom. The van der Waals surface area contributed by atoms with E-state index in [4.69, 9.17) is 10.5 Å². The van der Waals surface area contributed by atoms with Gasteiger partial charge >= 0.3 is 0 Å². The Kier molecular flexibility index (Phi) is 5.44. The van der Waals surface area contributed by atoms with Gasteiger partial charge in [-0.05, 0) is 50.4 Å². The maximum absolute atomic E-state index is 12.7. The molecule has 3 N–H and O–H groups in total. The van der Waals surface area contributed by atoms with E-state index in [9.17, 15) is 14.4 Å². The van der Waals surface area contributed by atoms with Crippen LogP contribution in [-0.2, 0) is 19.1 Å². The molecule has 7 nitrogen and oxygen atoms in total. The van der Waals surface area contributed by atoms with Gasteiger partial charge < -0.3 is 15.8 Å². The minimum Gasteiger partial charge on any atom is -0.373 e. The molecule has 5 rings (SSSR count). The number of likely N-dealkylation sites (tertiary alicyclic amines) is 1. The largest absolute Gasteiger partial charge is 0.373 e. The molecule has 0 spiro atoms. The van der Waals surface area contributed by atoms with Crippen LogP contribution in [0.25, 0.3) is 0 Å². The fourth-order valence-electron chi connectivity index (χ4n) is 6.49. The average Bonchev–Trinajstić information content (AvgIpc) is 3.29.